The van der Waals surface area contributed by atoms with E-state index in [2.05, 4.69) is 6.92 Å². The van der Waals surface area contributed by atoms with Crippen LogP contribution in [0, 0.1) is 13.8 Å². The average Bonchev–Trinajstić information content (AvgIpc) is 2.14. The summed E-state index contributed by atoms with van der Waals surface area (Å²) in [5.74, 6) is -13.9. The maximum Gasteiger partial charge on any atom is 0.431 e. The largest absolute Gasteiger partial charge is 0.431 e. The van der Waals surface area contributed by atoms with Crippen LogP contribution in [0.5, 0.6) is 0 Å². The van der Waals surface area contributed by atoms with Crippen LogP contribution in [-0.2, 0) is 14.8 Å². The molecule has 0 heterocycles. The number of carbonyl (C=O) groups excluding carboxylic acids is 1. The molecule has 0 aliphatic carbocycles. The van der Waals surface area contributed by atoms with E-state index in [1.54, 1.807) is 0 Å². The highest BCUT2D eigenvalue weighted by molar-refractivity contribution is 7.91. The third-order valence-electron chi connectivity index (χ3n) is 1.74. The minimum Gasteiger partial charge on any atom is -0.274 e. The topological polar surface area (TPSA) is 63.2 Å². The third-order valence-corrected chi connectivity index (χ3v) is 3.17. The Morgan fingerprint density at radius 3 is 1.84 bits per heavy atom. The molecule has 0 rings (SSSR count). The molecule has 1 N–H and O–H groups in total. The minimum atomic E-state index is -6.42. The fourth-order valence-electron chi connectivity index (χ4n) is 0.759. The molecule has 110 valence electrons. The average molecular weight is 311 g/mol. The van der Waals surface area contributed by atoms with Crippen molar-refractivity contribution >= 4 is 15.9 Å². The van der Waals surface area contributed by atoms with E-state index in [0.29, 0.717) is 4.72 Å². The molecule has 0 bridgehead atoms. The second-order valence-electron chi connectivity index (χ2n) is 3.28. The van der Waals surface area contributed by atoms with E-state index in [1.807, 2.05) is 0 Å². The van der Waals surface area contributed by atoms with Gasteiger partial charge in [0.2, 0.25) is 5.91 Å². The quantitative estimate of drug-likeness (QED) is 0.756. The number of hydrogen-bond acceptors (Lipinski definition) is 3. The van der Waals surface area contributed by atoms with Crippen LogP contribution in [0.15, 0.2) is 0 Å². The van der Waals surface area contributed by atoms with Crippen LogP contribution < -0.4 is 4.72 Å². The normalized spacial score (nSPS) is 14.3. The van der Waals surface area contributed by atoms with Crippen LogP contribution in [0.1, 0.15) is 12.8 Å². The molecular formula is C8H7F6NO3S. The van der Waals surface area contributed by atoms with Crippen molar-refractivity contribution in [2.75, 3.05) is 0 Å². The van der Waals surface area contributed by atoms with Gasteiger partial charge in [0, 0.05) is 13.3 Å². The third kappa shape index (κ3) is 3.31. The van der Waals surface area contributed by atoms with Gasteiger partial charge in [-0.3, -0.25) is 4.79 Å². The summed E-state index contributed by atoms with van der Waals surface area (Å²) < 4.78 is 97.7. The van der Waals surface area contributed by atoms with E-state index in [0.717, 1.165) is 0 Å². The van der Waals surface area contributed by atoms with Gasteiger partial charge >= 0.3 is 27.1 Å². The van der Waals surface area contributed by atoms with Gasteiger partial charge in [0.15, 0.2) is 0 Å². The Labute approximate surface area is 105 Å². The second kappa shape index (κ2) is 5.17. The number of sulfonamides is 1. The Bertz CT molecular complexity index is 442. The van der Waals surface area contributed by atoms with Crippen molar-refractivity contribution in [3.8, 4) is 0 Å². The first-order valence-electron chi connectivity index (χ1n) is 4.38. The van der Waals surface area contributed by atoms with Crippen LogP contribution in [0.25, 0.3) is 0 Å². The number of nitrogens with one attached hydrogen (secondary N) is 1. The molecule has 0 aliphatic rings. The summed E-state index contributed by atoms with van der Waals surface area (Å²) >= 11 is 0. The van der Waals surface area contributed by atoms with Gasteiger partial charge in [-0.1, -0.05) is 0 Å². The molecule has 0 saturated carbocycles. The highest BCUT2D eigenvalue weighted by Gasteiger charge is 2.76. The van der Waals surface area contributed by atoms with Crippen LogP contribution in [0.3, 0.4) is 0 Å². The van der Waals surface area contributed by atoms with E-state index < -0.39 is 45.9 Å². The summed E-state index contributed by atoms with van der Waals surface area (Å²) in [4.78, 5) is 10.7. The number of carbonyl (C=O) groups is 1. The van der Waals surface area contributed by atoms with Gasteiger partial charge in [-0.15, -0.1) is 0 Å². The van der Waals surface area contributed by atoms with Gasteiger partial charge in [0.1, 0.15) is 0 Å². The smallest absolute Gasteiger partial charge is 0.274 e. The molecule has 19 heavy (non-hydrogen) atoms. The number of halogens is 6. The second-order valence-corrected chi connectivity index (χ2v) is 5.01. The van der Waals surface area contributed by atoms with Crippen LogP contribution >= 0.6 is 0 Å². The summed E-state index contributed by atoms with van der Waals surface area (Å²) in [5, 5.41) is -6.30. The van der Waals surface area contributed by atoms with Gasteiger partial charge in [0.25, 0.3) is 0 Å². The van der Waals surface area contributed by atoms with E-state index >= 15 is 0 Å². The Hall–Kier alpha value is -1.00. The van der Waals surface area contributed by atoms with E-state index in [4.69, 9.17) is 6.92 Å². The molecule has 11 heteroatoms. The molecule has 0 aromatic heterocycles. The molecule has 1 amide bonds. The molecular weight excluding hydrogens is 304 g/mol. The van der Waals surface area contributed by atoms with Crippen molar-refractivity contribution in [2.45, 2.75) is 29.9 Å². The van der Waals surface area contributed by atoms with Gasteiger partial charge in [-0.2, -0.15) is 34.8 Å². The maximum atomic E-state index is 12.9. The highest BCUT2D eigenvalue weighted by atomic mass is 32.2. The lowest BCUT2D eigenvalue weighted by Gasteiger charge is -2.29. The monoisotopic (exact) mass is 311 g/mol. The summed E-state index contributed by atoms with van der Waals surface area (Å²) in [7, 11) is -6.42. The first kappa shape index (κ1) is 18.0. The number of rotatable bonds is 6. The first-order valence-corrected chi connectivity index (χ1v) is 5.86. The molecule has 0 aliphatic heterocycles. The van der Waals surface area contributed by atoms with E-state index in [-0.39, 0.29) is 0 Å². The molecule has 0 unspecified atom stereocenters. The fraction of sp³-hybridized carbons (Fsp3) is 0.625. The highest BCUT2D eigenvalue weighted by Crippen LogP contribution is 2.47. The van der Waals surface area contributed by atoms with Crippen LogP contribution in [0.2, 0.25) is 0 Å². The van der Waals surface area contributed by atoms with Gasteiger partial charge in [0.05, 0.1) is 0 Å². The predicted molar refractivity (Wildman–Crippen MR) is 49.7 cm³/mol. The standard InChI is InChI=1S/C8H7F6NO3S/c1-3-4-5(16)15-19(17,18)8(13,14)7(11,12)6(2,9)10/h1-2H,3-4H2,(H,15,16). The molecule has 0 aromatic rings. The Balaban J connectivity index is 5.48. The molecule has 4 nitrogen and oxygen atoms in total. The Morgan fingerprint density at radius 2 is 1.53 bits per heavy atom. The van der Waals surface area contributed by atoms with E-state index in [1.165, 1.54) is 0 Å². The summed E-state index contributed by atoms with van der Waals surface area (Å²) in [6, 6.07) is 0. The molecule has 0 spiro atoms. The zero-order valence-electron chi connectivity index (χ0n) is 8.97. The van der Waals surface area contributed by atoms with Crippen molar-refractivity contribution in [2.24, 2.45) is 0 Å². The fourth-order valence-corrected chi connectivity index (χ4v) is 1.76. The zero-order valence-corrected chi connectivity index (χ0v) is 9.79. The molecule has 4 radical (unpaired) electrons. The number of hydrogen-bond donors (Lipinski definition) is 1. The van der Waals surface area contributed by atoms with Crippen molar-refractivity contribution in [1.82, 2.24) is 4.72 Å². The molecule has 0 saturated heterocycles. The van der Waals surface area contributed by atoms with Crippen molar-refractivity contribution in [3.05, 3.63) is 13.8 Å². The molecule has 0 fully saturated rings. The maximum absolute atomic E-state index is 12.9. The molecule has 0 atom stereocenters. The lowest BCUT2D eigenvalue weighted by Crippen LogP contribution is -2.60. The Morgan fingerprint density at radius 1 is 1.11 bits per heavy atom. The van der Waals surface area contributed by atoms with Gasteiger partial charge in [-0.25, -0.2) is 4.72 Å². The summed E-state index contributed by atoms with van der Waals surface area (Å²) in [6.45, 7) is 8.31. The number of amides is 1. The van der Waals surface area contributed by atoms with Crippen molar-refractivity contribution < 1.29 is 39.6 Å². The molecule has 0 aromatic carbocycles. The lowest BCUT2D eigenvalue weighted by atomic mass is 10.2. The number of alkyl halides is 6. The van der Waals surface area contributed by atoms with Crippen LogP contribution in [0.4, 0.5) is 26.3 Å². The zero-order chi connectivity index (χ0) is 15.7. The Kier molecular flexibility index (Phi) is 4.90. The SMILES string of the molecule is [CH]CCC(=O)NS(=O)(=O)C(F)(F)C(F)(F)C([CH])(F)F. The summed E-state index contributed by atoms with van der Waals surface area (Å²) in [5.41, 5.74) is 0. The predicted octanol–water partition coefficient (Wildman–Crippen LogP) is 1.50. The minimum absolute atomic E-state index is 0.476. The van der Waals surface area contributed by atoms with Gasteiger partial charge < -0.3 is 0 Å². The van der Waals surface area contributed by atoms with Gasteiger partial charge in [-0.05, 0) is 13.3 Å². The van der Waals surface area contributed by atoms with Crippen molar-refractivity contribution in [3.63, 3.8) is 0 Å². The van der Waals surface area contributed by atoms with Crippen molar-refractivity contribution in [1.29, 1.82) is 0 Å². The van der Waals surface area contributed by atoms with Crippen LogP contribution in [-0.4, -0.2) is 31.4 Å². The summed E-state index contributed by atoms with van der Waals surface area (Å²) in [6.07, 6.45) is -1.27. The first-order chi connectivity index (χ1) is 8.20. The van der Waals surface area contributed by atoms with E-state index in [9.17, 15) is 39.6 Å². The lowest BCUT2D eigenvalue weighted by molar-refractivity contribution is -0.260.